The minimum atomic E-state index is -0.157. The molecule has 2 aromatic carbocycles. The normalized spacial score (nSPS) is 10.7. The van der Waals surface area contributed by atoms with Crippen molar-refractivity contribution in [3.63, 3.8) is 0 Å². The van der Waals surface area contributed by atoms with Crippen LogP contribution in [0.15, 0.2) is 54.6 Å². The number of benzene rings is 2. The molecule has 0 aliphatic rings. The lowest BCUT2D eigenvalue weighted by Gasteiger charge is -2.11. The number of aryl methyl sites for hydroxylation is 3. The van der Waals surface area contributed by atoms with Crippen LogP contribution in [0.25, 0.3) is 5.69 Å². The van der Waals surface area contributed by atoms with E-state index in [1.807, 2.05) is 12.1 Å². The second-order valence-electron chi connectivity index (χ2n) is 7.09. The molecule has 2 amide bonds. The number of urea groups is 1. The van der Waals surface area contributed by atoms with E-state index in [1.54, 1.807) is 0 Å². The van der Waals surface area contributed by atoms with Gasteiger partial charge in [0.1, 0.15) is 0 Å². The highest BCUT2D eigenvalue weighted by atomic mass is 16.2. The second-order valence-corrected chi connectivity index (χ2v) is 7.09. The third-order valence-corrected chi connectivity index (χ3v) is 4.81. The Kier molecular flexibility index (Phi) is 5.65. The molecule has 0 saturated heterocycles. The number of rotatable bonds is 5. The van der Waals surface area contributed by atoms with Crippen molar-refractivity contribution in [3.05, 3.63) is 88.2 Å². The van der Waals surface area contributed by atoms with Crippen molar-refractivity contribution >= 4 is 6.03 Å². The van der Waals surface area contributed by atoms with Gasteiger partial charge in [-0.25, -0.2) is 4.79 Å². The quantitative estimate of drug-likeness (QED) is 0.679. The van der Waals surface area contributed by atoms with Gasteiger partial charge in [-0.15, -0.1) is 0 Å². The molecule has 0 bridgehead atoms. The summed E-state index contributed by atoms with van der Waals surface area (Å²) >= 11 is 0. The van der Waals surface area contributed by atoms with Crippen molar-refractivity contribution in [1.82, 2.24) is 15.2 Å². The van der Waals surface area contributed by atoms with Gasteiger partial charge in [-0.05, 0) is 62.6 Å². The van der Waals surface area contributed by atoms with Crippen molar-refractivity contribution in [2.45, 2.75) is 40.8 Å². The van der Waals surface area contributed by atoms with Crippen molar-refractivity contribution in [3.8, 4) is 5.69 Å². The second kappa shape index (κ2) is 8.12. The summed E-state index contributed by atoms with van der Waals surface area (Å²) < 4.78 is 2.23. The Bertz CT molecular complexity index is 939. The number of amides is 2. The van der Waals surface area contributed by atoms with Gasteiger partial charge in [0.05, 0.1) is 0 Å². The first-order valence-electron chi connectivity index (χ1n) is 9.26. The Morgan fingerprint density at radius 3 is 2.26 bits per heavy atom. The standard InChI is InChI=1S/C23H27N3O/c1-16-8-10-20(11-9-16)14-24-23(27)25-15-21-13-18(3)26(19(21)4)22-7-5-6-17(2)12-22/h5-13H,14-15H2,1-4H3,(H2,24,25,27). The summed E-state index contributed by atoms with van der Waals surface area (Å²) in [6.07, 6.45) is 0. The molecule has 0 spiro atoms. The first kappa shape index (κ1) is 18.8. The van der Waals surface area contributed by atoms with Gasteiger partial charge in [-0.2, -0.15) is 0 Å². The summed E-state index contributed by atoms with van der Waals surface area (Å²) in [5.74, 6) is 0. The number of nitrogens with zero attached hydrogens (tertiary/aromatic N) is 1. The molecular weight excluding hydrogens is 334 g/mol. The van der Waals surface area contributed by atoms with Gasteiger partial charge in [-0.1, -0.05) is 42.0 Å². The lowest BCUT2D eigenvalue weighted by Crippen LogP contribution is -2.34. The predicted octanol–water partition coefficient (Wildman–Crippen LogP) is 4.71. The average Bonchev–Trinajstić information content (AvgIpc) is 2.93. The van der Waals surface area contributed by atoms with Crippen LogP contribution in [0.4, 0.5) is 4.79 Å². The van der Waals surface area contributed by atoms with Crippen LogP contribution in [0.2, 0.25) is 0 Å². The Morgan fingerprint density at radius 1 is 0.852 bits per heavy atom. The lowest BCUT2D eigenvalue weighted by molar-refractivity contribution is 0.240. The molecule has 3 aromatic rings. The Balaban J connectivity index is 1.62. The zero-order valence-corrected chi connectivity index (χ0v) is 16.5. The summed E-state index contributed by atoms with van der Waals surface area (Å²) in [6.45, 7) is 9.36. The molecule has 140 valence electrons. The van der Waals surface area contributed by atoms with Gasteiger partial charge in [0.25, 0.3) is 0 Å². The van der Waals surface area contributed by atoms with Gasteiger partial charge in [0.15, 0.2) is 0 Å². The first-order valence-corrected chi connectivity index (χ1v) is 9.26. The number of aromatic nitrogens is 1. The molecule has 4 nitrogen and oxygen atoms in total. The molecule has 1 aromatic heterocycles. The van der Waals surface area contributed by atoms with Gasteiger partial charge in [0, 0.05) is 30.2 Å². The van der Waals surface area contributed by atoms with E-state index >= 15 is 0 Å². The largest absolute Gasteiger partial charge is 0.334 e. The minimum Gasteiger partial charge on any atom is -0.334 e. The maximum Gasteiger partial charge on any atom is 0.315 e. The van der Waals surface area contributed by atoms with E-state index in [9.17, 15) is 4.79 Å². The highest BCUT2D eigenvalue weighted by Crippen LogP contribution is 2.21. The zero-order chi connectivity index (χ0) is 19.4. The van der Waals surface area contributed by atoms with Crippen LogP contribution in [0.3, 0.4) is 0 Å². The smallest absolute Gasteiger partial charge is 0.315 e. The summed E-state index contributed by atoms with van der Waals surface area (Å²) in [7, 11) is 0. The van der Waals surface area contributed by atoms with E-state index in [2.05, 4.69) is 85.4 Å². The van der Waals surface area contributed by atoms with Crippen LogP contribution in [0, 0.1) is 27.7 Å². The lowest BCUT2D eigenvalue weighted by atomic mass is 10.1. The van der Waals surface area contributed by atoms with Crippen molar-refractivity contribution in [1.29, 1.82) is 0 Å². The molecule has 27 heavy (non-hydrogen) atoms. The summed E-state index contributed by atoms with van der Waals surface area (Å²) in [5.41, 5.74) is 8.13. The molecule has 0 aliphatic heterocycles. The van der Waals surface area contributed by atoms with Crippen LogP contribution in [-0.2, 0) is 13.1 Å². The van der Waals surface area contributed by atoms with Crippen molar-refractivity contribution in [2.75, 3.05) is 0 Å². The maximum atomic E-state index is 12.1. The number of nitrogens with one attached hydrogen (secondary N) is 2. The fourth-order valence-corrected chi connectivity index (χ4v) is 3.30. The van der Waals surface area contributed by atoms with E-state index in [-0.39, 0.29) is 6.03 Å². The summed E-state index contributed by atoms with van der Waals surface area (Å²) in [5, 5.41) is 5.87. The van der Waals surface area contributed by atoms with Crippen LogP contribution < -0.4 is 10.6 Å². The van der Waals surface area contributed by atoms with Gasteiger partial charge in [0.2, 0.25) is 0 Å². The predicted molar refractivity (Wildman–Crippen MR) is 110 cm³/mol. The van der Waals surface area contributed by atoms with Gasteiger partial charge < -0.3 is 15.2 Å². The summed E-state index contributed by atoms with van der Waals surface area (Å²) in [6, 6.07) is 18.6. The fourth-order valence-electron chi connectivity index (χ4n) is 3.30. The molecule has 0 aliphatic carbocycles. The molecule has 3 rings (SSSR count). The molecule has 0 unspecified atom stereocenters. The van der Waals surface area contributed by atoms with Crippen molar-refractivity contribution < 1.29 is 4.79 Å². The van der Waals surface area contributed by atoms with Crippen LogP contribution in [0.5, 0.6) is 0 Å². The Morgan fingerprint density at radius 2 is 1.56 bits per heavy atom. The summed E-state index contributed by atoms with van der Waals surface area (Å²) in [4.78, 5) is 12.1. The first-order chi connectivity index (χ1) is 12.9. The molecule has 0 saturated carbocycles. The number of carbonyl (C=O) groups excluding carboxylic acids is 1. The maximum absolute atomic E-state index is 12.1. The average molecular weight is 361 g/mol. The van der Waals surface area contributed by atoms with Crippen LogP contribution in [0.1, 0.15) is 33.6 Å². The van der Waals surface area contributed by atoms with Gasteiger partial charge >= 0.3 is 6.03 Å². The highest BCUT2D eigenvalue weighted by molar-refractivity contribution is 5.73. The molecule has 4 heteroatoms. The molecule has 0 atom stereocenters. The highest BCUT2D eigenvalue weighted by Gasteiger charge is 2.11. The SMILES string of the molecule is Cc1ccc(CNC(=O)NCc2cc(C)n(-c3cccc(C)c3)c2C)cc1. The molecule has 0 fully saturated rings. The number of hydrogen-bond donors (Lipinski definition) is 2. The topological polar surface area (TPSA) is 46.1 Å². The molecule has 2 N–H and O–H groups in total. The minimum absolute atomic E-state index is 0.157. The van der Waals surface area contributed by atoms with Gasteiger partial charge in [-0.3, -0.25) is 0 Å². The zero-order valence-electron chi connectivity index (χ0n) is 16.5. The van der Waals surface area contributed by atoms with Crippen LogP contribution >= 0.6 is 0 Å². The monoisotopic (exact) mass is 361 g/mol. The molecule has 1 heterocycles. The Labute approximate surface area is 161 Å². The van der Waals surface area contributed by atoms with Crippen LogP contribution in [-0.4, -0.2) is 10.6 Å². The van der Waals surface area contributed by atoms with E-state index in [0.717, 1.165) is 28.2 Å². The van der Waals surface area contributed by atoms with E-state index in [4.69, 9.17) is 0 Å². The van der Waals surface area contributed by atoms with E-state index in [0.29, 0.717) is 13.1 Å². The molecule has 0 radical (unpaired) electrons. The number of hydrogen-bond acceptors (Lipinski definition) is 1. The van der Waals surface area contributed by atoms with Crippen molar-refractivity contribution in [2.24, 2.45) is 0 Å². The molecular formula is C23H27N3O. The Hall–Kier alpha value is -3.01. The fraction of sp³-hybridized carbons (Fsp3) is 0.261. The van der Waals surface area contributed by atoms with E-state index < -0.39 is 0 Å². The third kappa shape index (κ3) is 4.59. The van der Waals surface area contributed by atoms with E-state index in [1.165, 1.54) is 11.1 Å². The third-order valence-electron chi connectivity index (χ3n) is 4.81. The number of carbonyl (C=O) groups is 1.